The number of carbonyl (C=O) groups is 1. The Bertz CT molecular complexity index is 416. The van der Waals surface area contributed by atoms with Crippen LogP contribution in [-0.4, -0.2) is 18.5 Å². The minimum absolute atomic E-state index is 0. The summed E-state index contributed by atoms with van der Waals surface area (Å²) in [6, 6.07) is 8.31. The second-order valence-corrected chi connectivity index (χ2v) is 5.71. The zero-order valence-corrected chi connectivity index (χ0v) is 13.0. The summed E-state index contributed by atoms with van der Waals surface area (Å²) in [6.07, 6.45) is 0.379. The lowest BCUT2D eigenvalue weighted by Crippen LogP contribution is -2.38. The van der Waals surface area contributed by atoms with E-state index in [1.54, 1.807) is 0 Å². The van der Waals surface area contributed by atoms with Gasteiger partial charge in [-0.3, -0.25) is 4.79 Å². The minimum Gasteiger partial charge on any atom is -0.355 e. The first-order chi connectivity index (χ1) is 8.31. The van der Waals surface area contributed by atoms with Crippen molar-refractivity contribution in [2.75, 3.05) is 6.54 Å². The Kier molecular flexibility index (Phi) is 7.09. The van der Waals surface area contributed by atoms with Crippen LogP contribution in [-0.2, 0) is 10.2 Å². The molecule has 4 heteroatoms. The van der Waals surface area contributed by atoms with Gasteiger partial charge in [0, 0.05) is 24.4 Å². The zero-order chi connectivity index (χ0) is 13.8. The molecule has 3 nitrogen and oxygen atoms in total. The van der Waals surface area contributed by atoms with Crippen molar-refractivity contribution >= 4 is 18.3 Å². The van der Waals surface area contributed by atoms with Gasteiger partial charge in [0.1, 0.15) is 0 Å². The van der Waals surface area contributed by atoms with E-state index in [1.165, 1.54) is 11.1 Å². The number of halogens is 1. The zero-order valence-electron chi connectivity index (χ0n) is 12.2. The van der Waals surface area contributed by atoms with Crippen molar-refractivity contribution in [3.05, 3.63) is 35.4 Å². The van der Waals surface area contributed by atoms with Crippen LogP contribution < -0.4 is 11.1 Å². The van der Waals surface area contributed by atoms with Gasteiger partial charge in [-0.15, -0.1) is 12.4 Å². The summed E-state index contributed by atoms with van der Waals surface area (Å²) in [5.41, 5.74) is 8.01. The lowest BCUT2D eigenvalue weighted by molar-refractivity contribution is -0.121. The molecule has 0 aliphatic heterocycles. The quantitative estimate of drug-likeness (QED) is 0.873. The molecule has 1 aromatic carbocycles. The largest absolute Gasteiger partial charge is 0.355 e. The molecular weight excluding hydrogens is 260 g/mol. The van der Waals surface area contributed by atoms with Gasteiger partial charge in [-0.1, -0.05) is 43.7 Å². The van der Waals surface area contributed by atoms with Crippen LogP contribution in [0.15, 0.2) is 24.3 Å². The van der Waals surface area contributed by atoms with E-state index >= 15 is 0 Å². The van der Waals surface area contributed by atoms with Gasteiger partial charge in [0.2, 0.25) is 5.91 Å². The Balaban J connectivity index is 0.00000324. The van der Waals surface area contributed by atoms with Crippen molar-refractivity contribution in [3.63, 3.8) is 0 Å². The molecule has 0 spiro atoms. The average molecular weight is 285 g/mol. The maximum atomic E-state index is 11.6. The van der Waals surface area contributed by atoms with Gasteiger partial charge in [0.05, 0.1) is 0 Å². The standard InChI is InChI=1S/C15H24N2O.ClH/c1-11-6-5-7-13(8-11)15(3,4)10-17-14(18)9-12(2)16;/h5-8,12H,9-10,16H2,1-4H3,(H,17,18);1H. The molecule has 1 rings (SSSR count). The highest BCUT2D eigenvalue weighted by Gasteiger charge is 2.21. The fourth-order valence-corrected chi connectivity index (χ4v) is 1.85. The van der Waals surface area contributed by atoms with E-state index in [9.17, 15) is 4.79 Å². The maximum Gasteiger partial charge on any atom is 0.221 e. The fourth-order valence-electron chi connectivity index (χ4n) is 1.85. The van der Waals surface area contributed by atoms with Crippen molar-refractivity contribution < 1.29 is 4.79 Å². The summed E-state index contributed by atoms with van der Waals surface area (Å²) in [4.78, 5) is 11.6. The first kappa shape index (κ1) is 17.9. The summed E-state index contributed by atoms with van der Waals surface area (Å²) in [7, 11) is 0. The third-order valence-corrected chi connectivity index (χ3v) is 3.03. The molecular formula is C15H25ClN2O. The number of hydrogen-bond donors (Lipinski definition) is 2. The Morgan fingerprint density at radius 2 is 2.05 bits per heavy atom. The average Bonchev–Trinajstić information content (AvgIpc) is 2.26. The van der Waals surface area contributed by atoms with E-state index in [0.29, 0.717) is 13.0 Å². The summed E-state index contributed by atoms with van der Waals surface area (Å²) >= 11 is 0. The molecule has 0 saturated carbocycles. The number of amides is 1. The molecule has 1 unspecified atom stereocenters. The van der Waals surface area contributed by atoms with Crippen molar-refractivity contribution in [2.24, 2.45) is 5.73 Å². The fraction of sp³-hybridized carbons (Fsp3) is 0.533. The van der Waals surface area contributed by atoms with E-state index in [2.05, 4.69) is 50.4 Å². The van der Waals surface area contributed by atoms with E-state index in [1.807, 2.05) is 6.92 Å². The molecule has 0 radical (unpaired) electrons. The van der Waals surface area contributed by atoms with E-state index in [0.717, 1.165) is 0 Å². The summed E-state index contributed by atoms with van der Waals surface area (Å²) < 4.78 is 0. The van der Waals surface area contributed by atoms with Crippen molar-refractivity contribution in [3.8, 4) is 0 Å². The topological polar surface area (TPSA) is 55.1 Å². The molecule has 0 aromatic heterocycles. The highest BCUT2D eigenvalue weighted by atomic mass is 35.5. The minimum atomic E-state index is -0.0907. The van der Waals surface area contributed by atoms with Gasteiger partial charge in [0.15, 0.2) is 0 Å². The van der Waals surface area contributed by atoms with Crippen LogP contribution in [0, 0.1) is 6.92 Å². The second kappa shape index (κ2) is 7.51. The third-order valence-electron chi connectivity index (χ3n) is 3.03. The highest BCUT2D eigenvalue weighted by Crippen LogP contribution is 2.22. The normalized spacial score (nSPS) is 12.5. The van der Waals surface area contributed by atoms with E-state index in [4.69, 9.17) is 5.73 Å². The lowest BCUT2D eigenvalue weighted by Gasteiger charge is -2.26. The second-order valence-electron chi connectivity index (χ2n) is 5.71. The molecule has 1 amide bonds. The molecule has 19 heavy (non-hydrogen) atoms. The first-order valence-electron chi connectivity index (χ1n) is 6.41. The van der Waals surface area contributed by atoms with Crippen molar-refractivity contribution in [1.29, 1.82) is 0 Å². The predicted octanol–water partition coefficient (Wildman–Crippen LogP) is 2.55. The molecule has 1 atom stereocenters. The molecule has 108 valence electrons. The molecule has 0 saturated heterocycles. The lowest BCUT2D eigenvalue weighted by atomic mass is 9.84. The molecule has 0 aliphatic rings. The van der Waals surface area contributed by atoms with Crippen LogP contribution in [0.3, 0.4) is 0 Å². The predicted molar refractivity (Wildman–Crippen MR) is 82.7 cm³/mol. The Hall–Kier alpha value is -1.06. The molecule has 3 N–H and O–H groups in total. The number of nitrogens with two attached hydrogens (primary N) is 1. The number of hydrogen-bond acceptors (Lipinski definition) is 2. The highest BCUT2D eigenvalue weighted by molar-refractivity contribution is 5.85. The molecule has 0 heterocycles. The van der Waals surface area contributed by atoms with Gasteiger partial charge in [0.25, 0.3) is 0 Å². The van der Waals surface area contributed by atoms with Crippen molar-refractivity contribution in [2.45, 2.75) is 45.6 Å². The maximum absolute atomic E-state index is 11.6. The van der Waals surface area contributed by atoms with Crippen LogP contribution in [0.5, 0.6) is 0 Å². The third kappa shape index (κ3) is 6.08. The summed E-state index contributed by atoms with van der Waals surface area (Å²) in [5, 5.41) is 2.95. The van der Waals surface area contributed by atoms with E-state index in [-0.39, 0.29) is 29.8 Å². The van der Waals surface area contributed by atoms with Gasteiger partial charge in [-0.25, -0.2) is 0 Å². The van der Waals surface area contributed by atoms with Gasteiger partial charge >= 0.3 is 0 Å². The Morgan fingerprint density at radius 3 is 2.58 bits per heavy atom. The van der Waals surface area contributed by atoms with Crippen molar-refractivity contribution in [1.82, 2.24) is 5.32 Å². The number of aryl methyl sites for hydroxylation is 1. The smallest absolute Gasteiger partial charge is 0.221 e. The number of rotatable bonds is 5. The molecule has 0 aliphatic carbocycles. The summed E-state index contributed by atoms with van der Waals surface area (Å²) in [5.74, 6) is 0.0192. The van der Waals surface area contributed by atoms with Gasteiger partial charge in [-0.2, -0.15) is 0 Å². The van der Waals surface area contributed by atoms with E-state index < -0.39 is 0 Å². The number of nitrogens with one attached hydrogen (secondary N) is 1. The van der Waals surface area contributed by atoms with Crippen LogP contribution in [0.4, 0.5) is 0 Å². The molecule has 0 bridgehead atoms. The summed E-state index contributed by atoms with van der Waals surface area (Å²) in [6.45, 7) is 8.81. The van der Waals surface area contributed by atoms with Gasteiger partial charge < -0.3 is 11.1 Å². The number of carbonyl (C=O) groups excluding carboxylic acids is 1. The van der Waals surface area contributed by atoms with Crippen LogP contribution in [0.25, 0.3) is 0 Å². The SMILES string of the molecule is Cc1cccc(C(C)(C)CNC(=O)CC(C)N)c1.Cl. The number of benzene rings is 1. The van der Waals surface area contributed by atoms with Crippen LogP contribution >= 0.6 is 12.4 Å². The van der Waals surface area contributed by atoms with Crippen LogP contribution in [0.1, 0.15) is 38.3 Å². The molecule has 1 aromatic rings. The Labute approximate surface area is 122 Å². The van der Waals surface area contributed by atoms with Crippen LogP contribution in [0.2, 0.25) is 0 Å². The first-order valence-corrected chi connectivity index (χ1v) is 6.41. The Morgan fingerprint density at radius 1 is 1.42 bits per heavy atom. The molecule has 0 fully saturated rings. The van der Waals surface area contributed by atoms with Gasteiger partial charge in [-0.05, 0) is 19.4 Å². The monoisotopic (exact) mass is 284 g/mol.